The van der Waals surface area contributed by atoms with E-state index in [9.17, 15) is 9.50 Å². The summed E-state index contributed by atoms with van der Waals surface area (Å²) in [5, 5.41) is 16.2. The average Bonchev–Trinajstić information content (AvgIpc) is 3.07. The molecule has 0 amide bonds. The number of nitrogens with one attached hydrogen (secondary N) is 1. The summed E-state index contributed by atoms with van der Waals surface area (Å²) >= 11 is 1.48. The fraction of sp³-hybridized carbons (Fsp3) is 0.250. The van der Waals surface area contributed by atoms with Crippen molar-refractivity contribution in [2.24, 2.45) is 0 Å². The largest absolute Gasteiger partial charge is 0.494 e. The number of halogens is 1. The van der Waals surface area contributed by atoms with Gasteiger partial charge in [0.2, 0.25) is 0 Å². The van der Waals surface area contributed by atoms with Crippen molar-refractivity contribution in [1.29, 1.82) is 0 Å². The molecule has 3 aromatic rings. The summed E-state index contributed by atoms with van der Waals surface area (Å²) in [6.07, 6.45) is 1.36. The monoisotopic (exact) mass is 333 g/mol. The molecule has 0 aliphatic carbocycles. The van der Waals surface area contributed by atoms with Crippen LogP contribution in [0, 0.1) is 5.82 Å². The molecule has 0 saturated carbocycles. The molecule has 2 heterocycles. The first-order valence-electron chi connectivity index (χ1n) is 7.00. The van der Waals surface area contributed by atoms with E-state index in [-0.39, 0.29) is 12.3 Å². The van der Waals surface area contributed by atoms with Gasteiger partial charge in [0.25, 0.3) is 0 Å². The molecule has 7 heteroatoms. The topological polar surface area (TPSA) is 67.3 Å². The number of nitrogens with zero attached hydrogens (tertiary/aromatic N) is 2. The van der Waals surface area contributed by atoms with E-state index >= 15 is 0 Å². The Hall–Kier alpha value is -2.25. The van der Waals surface area contributed by atoms with E-state index in [0.29, 0.717) is 16.7 Å². The van der Waals surface area contributed by atoms with Gasteiger partial charge in [0.05, 0.1) is 12.6 Å². The first-order valence-corrected chi connectivity index (χ1v) is 7.88. The third-order valence-corrected chi connectivity index (χ3v) is 4.68. The Morgan fingerprint density at radius 3 is 2.91 bits per heavy atom. The number of anilines is 1. The lowest BCUT2D eigenvalue weighted by Gasteiger charge is -2.23. The molecular formula is C16H16FN3O2S. The third kappa shape index (κ3) is 3.11. The van der Waals surface area contributed by atoms with Gasteiger partial charge in [-0.1, -0.05) is 6.07 Å². The molecule has 2 aromatic heterocycles. The summed E-state index contributed by atoms with van der Waals surface area (Å²) in [6, 6.07) is 6.62. The number of benzene rings is 1. The standard InChI is InChI=1S/C16H16FN3O2S/c1-16(21,14-4-3-5-23-14)8-18-15-10-6-13(22-2)11(17)7-12(10)19-9-20-15/h3-7,9,21H,8H2,1-2H3,(H,18,19,20). The van der Waals surface area contributed by atoms with Gasteiger partial charge in [-0.05, 0) is 24.4 Å². The number of aromatic nitrogens is 2. The van der Waals surface area contributed by atoms with Crippen LogP contribution in [-0.2, 0) is 5.60 Å². The van der Waals surface area contributed by atoms with Crippen molar-refractivity contribution in [2.75, 3.05) is 19.0 Å². The molecule has 0 radical (unpaired) electrons. The predicted molar refractivity (Wildman–Crippen MR) is 88.4 cm³/mol. The van der Waals surface area contributed by atoms with E-state index in [0.717, 1.165) is 4.88 Å². The minimum Gasteiger partial charge on any atom is -0.494 e. The third-order valence-electron chi connectivity index (χ3n) is 3.56. The lowest BCUT2D eigenvalue weighted by atomic mass is 10.1. The summed E-state index contributed by atoms with van der Waals surface area (Å²) in [4.78, 5) is 9.11. The van der Waals surface area contributed by atoms with Crippen molar-refractivity contribution in [3.05, 3.63) is 46.7 Å². The second kappa shape index (κ2) is 6.10. The average molecular weight is 333 g/mol. The summed E-state index contributed by atoms with van der Waals surface area (Å²) in [5.41, 5.74) is -0.563. The lowest BCUT2D eigenvalue weighted by molar-refractivity contribution is 0.0754. The van der Waals surface area contributed by atoms with Crippen molar-refractivity contribution in [3.8, 4) is 5.75 Å². The van der Waals surface area contributed by atoms with E-state index in [2.05, 4.69) is 15.3 Å². The normalized spacial score (nSPS) is 13.7. The molecular weight excluding hydrogens is 317 g/mol. The number of hydrogen-bond acceptors (Lipinski definition) is 6. The molecule has 0 fully saturated rings. The van der Waals surface area contributed by atoms with E-state index in [4.69, 9.17) is 4.74 Å². The van der Waals surface area contributed by atoms with Crippen molar-refractivity contribution in [1.82, 2.24) is 9.97 Å². The van der Waals surface area contributed by atoms with Gasteiger partial charge in [0.1, 0.15) is 17.7 Å². The molecule has 0 aliphatic heterocycles. The van der Waals surface area contributed by atoms with Crippen LogP contribution in [0.5, 0.6) is 5.75 Å². The fourth-order valence-corrected chi connectivity index (χ4v) is 3.07. The molecule has 0 spiro atoms. The van der Waals surface area contributed by atoms with Crippen LogP contribution < -0.4 is 10.1 Å². The van der Waals surface area contributed by atoms with Gasteiger partial charge in [0, 0.05) is 22.9 Å². The molecule has 23 heavy (non-hydrogen) atoms. The highest BCUT2D eigenvalue weighted by Crippen LogP contribution is 2.29. The van der Waals surface area contributed by atoms with E-state index in [1.165, 1.54) is 30.8 Å². The fourth-order valence-electron chi connectivity index (χ4n) is 2.28. The van der Waals surface area contributed by atoms with Crippen molar-refractivity contribution < 1.29 is 14.2 Å². The van der Waals surface area contributed by atoms with Crippen LogP contribution in [0.25, 0.3) is 10.9 Å². The maximum absolute atomic E-state index is 13.8. The zero-order valence-corrected chi connectivity index (χ0v) is 13.5. The molecule has 1 atom stereocenters. The zero-order valence-electron chi connectivity index (χ0n) is 12.7. The van der Waals surface area contributed by atoms with Crippen LogP contribution in [0.2, 0.25) is 0 Å². The highest BCUT2D eigenvalue weighted by molar-refractivity contribution is 7.10. The Morgan fingerprint density at radius 2 is 2.22 bits per heavy atom. The lowest BCUT2D eigenvalue weighted by Crippen LogP contribution is -2.30. The second-order valence-electron chi connectivity index (χ2n) is 5.33. The maximum Gasteiger partial charge on any atom is 0.167 e. The number of fused-ring (bicyclic) bond motifs is 1. The Kier molecular flexibility index (Phi) is 4.14. The Morgan fingerprint density at radius 1 is 1.39 bits per heavy atom. The number of methoxy groups -OCH3 is 1. The SMILES string of the molecule is COc1cc2c(NCC(C)(O)c3cccs3)ncnc2cc1F. The van der Waals surface area contributed by atoms with Crippen molar-refractivity contribution in [2.45, 2.75) is 12.5 Å². The molecule has 0 bridgehead atoms. The van der Waals surface area contributed by atoms with E-state index in [1.54, 1.807) is 13.0 Å². The van der Waals surface area contributed by atoms with Gasteiger partial charge in [-0.2, -0.15) is 0 Å². The minimum absolute atomic E-state index is 0.125. The highest BCUT2D eigenvalue weighted by atomic mass is 32.1. The van der Waals surface area contributed by atoms with Gasteiger partial charge >= 0.3 is 0 Å². The van der Waals surface area contributed by atoms with E-state index in [1.807, 2.05) is 17.5 Å². The first-order chi connectivity index (χ1) is 11.0. The molecule has 5 nitrogen and oxygen atoms in total. The number of ether oxygens (including phenoxy) is 1. The zero-order chi connectivity index (χ0) is 16.4. The molecule has 1 unspecified atom stereocenters. The summed E-state index contributed by atoms with van der Waals surface area (Å²) in [7, 11) is 1.41. The van der Waals surface area contributed by atoms with Gasteiger partial charge < -0.3 is 15.2 Å². The second-order valence-corrected chi connectivity index (χ2v) is 6.28. The van der Waals surface area contributed by atoms with Gasteiger partial charge in [-0.25, -0.2) is 14.4 Å². The number of rotatable bonds is 5. The van der Waals surface area contributed by atoms with Crippen LogP contribution in [-0.4, -0.2) is 28.7 Å². The summed E-state index contributed by atoms with van der Waals surface area (Å²) < 4.78 is 18.8. The number of hydrogen-bond donors (Lipinski definition) is 2. The van der Waals surface area contributed by atoms with Crippen LogP contribution in [0.3, 0.4) is 0 Å². The molecule has 2 N–H and O–H groups in total. The number of aliphatic hydroxyl groups is 1. The number of thiophene rings is 1. The molecule has 120 valence electrons. The highest BCUT2D eigenvalue weighted by Gasteiger charge is 2.24. The van der Waals surface area contributed by atoms with Crippen molar-refractivity contribution >= 4 is 28.1 Å². The van der Waals surface area contributed by atoms with Crippen molar-refractivity contribution in [3.63, 3.8) is 0 Å². The maximum atomic E-state index is 13.8. The van der Waals surface area contributed by atoms with Gasteiger partial charge in [-0.15, -0.1) is 11.3 Å². The molecule has 0 saturated heterocycles. The Labute approximate surface area is 136 Å². The van der Waals surface area contributed by atoms with Gasteiger partial charge in [-0.3, -0.25) is 0 Å². The molecule has 1 aromatic carbocycles. The summed E-state index contributed by atoms with van der Waals surface area (Å²) in [6.45, 7) is 1.99. The Bertz CT molecular complexity index is 822. The molecule has 3 rings (SSSR count). The van der Waals surface area contributed by atoms with Crippen LogP contribution in [0.4, 0.5) is 10.2 Å². The quantitative estimate of drug-likeness (QED) is 0.751. The first kappa shape index (κ1) is 15.6. The van der Waals surface area contributed by atoms with Crippen LogP contribution >= 0.6 is 11.3 Å². The Balaban J connectivity index is 1.91. The molecule has 0 aliphatic rings. The van der Waals surface area contributed by atoms with Crippen LogP contribution in [0.1, 0.15) is 11.8 Å². The van der Waals surface area contributed by atoms with Gasteiger partial charge in [0.15, 0.2) is 11.6 Å². The summed E-state index contributed by atoms with van der Waals surface area (Å²) in [5.74, 6) is 0.167. The minimum atomic E-state index is -1.03. The van der Waals surface area contributed by atoms with Crippen LogP contribution in [0.15, 0.2) is 36.0 Å². The van der Waals surface area contributed by atoms with E-state index < -0.39 is 11.4 Å². The predicted octanol–water partition coefficient (Wildman–Crippen LogP) is 3.16. The smallest absolute Gasteiger partial charge is 0.167 e.